The Morgan fingerprint density at radius 3 is 2.78 bits per heavy atom. The van der Waals surface area contributed by atoms with Gasteiger partial charge in [0.1, 0.15) is 5.82 Å². The summed E-state index contributed by atoms with van der Waals surface area (Å²) in [6.45, 7) is 2.23. The Bertz CT molecular complexity index is 1040. The zero-order valence-electron chi connectivity index (χ0n) is 15.4. The monoisotopic (exact) mass is 376 g/mol. The lowest BCUT2D eigenvalue weighted by molar-refractivity contribution is 0.394. The second-order valence-corrected chi connectivity index (χ2v) is 7.73. The molecule has 0 saturated carbocycles. The SMILES string of the molecule is CCC[C@@H]1CCc2c(ccc3ccccc23)[C@H]1C#Cc1ccc(Cl)c(F)c1. The fourth-order valence-corrected chi connectivity index (χ4v) is 4.40. The predicted octanol–water partition coefficient (Wildman–Crippen LogP) is 7.13. The van der Waals surface area contributed by atoms with Gasteiger partial charge in [-0.1, -0.05) is 73.2 Å². The van der Waals surface area contributed by atoms with Gasteiger partial charge in [0.2, 0.25) is 0 Å². The van der Waals surface area contributed by atoms with Gasteiger partial charge in [0.15, 0.2) is 0 Å². The van der Waals surface area contributed by atoms with Crippen molar-refractivity contribution in [2.24, 2.45) is 5.92 Å². The standard InChI is InChI=1S/C25H22ClF/c1-2-5-18-10-13-22-20-7-4-3-6-19(20)11-14-23(22)21(18)12-8-17-9-15-24(26)25(27)16-17/h3-4,6-7,9,11,14-16,18,21H,2,5,10,13H2,1H3/t18-,21+/m1/s1. The molecule has 2 heteroatoms. The highest BCUT2D eigenvalue weighted by atomic mass is 35.5. The van der Waals surface area contributed by atoms with Gasteiger partial charge in [-0.25, -0.2) is 4.39 Å². The van der Waals surface area contributed by atoms with E-state index in [1.54, 1.807) is 12.1 Å². The summed E-state index contributed by atoms with van der Waals surface area (Å²) in [6, 6.07) is 17.8. The average Bonchev–Trinajstić information content (AvgIpc) is 2.69. The minimum atomic E-state index is -0.413. The van der Waals surface area contributed by atoms with Gasteiger partial charge < -0.3 is 0 Å². The van der Waals surface area contributed by atoms with Crippen LogP contribution in [0.5, 0.6) is 0 Å². The molecule has 0 radical (unpaired) electrons. The summed E-state index contributed by atoms with van der Waals surface area (Å²) in [5.41, 5.74) is 3.46. The van der Waals surface area contributed by atoms with E-state index in [-0.39, 0.29) is 10.9 Å². The predicted molar refractivity (Wildman–Crippen MR) is 112 cm³/mol. The molecule has 0 fully saturated rings. The third-order valence-corrected chi connectivity index (χ3v) is 5.91. The van der Waals surface area contributed by atoms with E-state index >= 15 is 0 Å². The maximum Gasteiger partial charge on any atom is 0.143 e. The van der Waals surface area contributed by atoms with Crippen LogP contribution in [0.4, 0.5) is 4.39 Å². The number of hydrogen-bond donors (Lipinski definition) is 0. The highest BCUT2D eigenvalue weighted by Gasteiger charge is 2.28. The van der Waals surface area contributed by atoms with Crippen molar-refractivity contribution in [3.8, 4) is 11.8 Å². The molecule has 0 saturated heterocycles. The van der Waals surface area contributed by atoms with Crippen LogP contribution in [0.15, 0.2) is 54.6 Å². The molecular formula is C25H22ClF. The van der Waals surface area contributed by atoms with Crippen LogP contribution in [0.3, 0.4) is 0 Å². The van der Waals surface area contributed by atoms with E-state index in [4.69, 9.17) is 11.6 Å². The third kappa shape index (κ3) is 3.60. The first kappa shape index (κ1) is 18.1. The molecular weight excluding hydrogens is 355 g/mol. The van der Waals surface area contributed by atoms with Crippen LogP contribution in [0, 0.1) is 23.6 Å². The number of fused-ring (bicyclic) bond motifs is 3. The third-order valence-electron chi connectivity index (χ3n) is 5.60. The Balaban J connectivity index is 1.78. The van der Waals surface area contributed by atoms with Crippen molar-refractivity contribution in [2.75, 3.05) is 0 Å². The molecule has 0 aromatic heterocycles. The molecule has 4 rings (SSSR count). The molecule has 2 atom stereocenters. The quantitative estimate of drug-likeness (QED) is 0.417. The van der Waals surface area contributed by atoms with E-state index in [0.717, 1.165) is 19.3 Å². The van der Waals surface area contributed by atoms with Crippen LogP contribution >= 0.6 is 11.6 Å². The van der Waals surface area contributed by atoms with Gasteiger partial charge in [0.25, 0.3) is 0 Å². The molecule has 27 heavy (non-hydrogen) atoms. The van der Waals surface area contributed by atoms with Crippen molar-refractivity contribution in [2.45, 2.75) is 38.5 Å². The summed E-state index contributed by atoms with van der Waals surface area (Å²) in [5.74, 6) is 7.02. The topological polar surface area (TPSA) is 0 Å². The van der Waals surface area contributed by atoms with Crippen LogP contribution < -0.4 is 0 Å². The van der Waals surface area contributed by atoms with Crippen LogP contribution in [0.2, 0.25) is 5.02 Å². The number of benzene rings is 3. The van der Waals surface area contributed by atoms with E-state index in [1.807, 2.05) is 0 Å². The summed E-state index contributed by atoms with van der Waals surface area (Å²) >= 11 is 5.79. The smallest absolute Gasteiger partial charge is 0.143 e. The summed E-state index contributed by atoms with van der Waals surface area (Å²) in [4.78, 5) is 0. The Morgan fingerprint density at radius 2 is 1.96 bits per heavy atom. The van der Waals surface area contributed by atoms with Gasteiger partial charge in [-0.3, -0.25) is 0 Å². The molecule has 136 valence electrons. The molecule has 3 aromatic rings. The normalized spacial score (nSPS) is 18.6. The number of rotatable bonds is 2. The molecule has 0 aliphatic heterocycles. The minimum Gasteiger partial charge on any atom is -0.205 e. The van der Waals surface area contributed by atoms with Crippen molar-refractivity contribution in [3.05, 3.63) is 82.1 Å². The maximum absolute atomic E-state index is 13.8. The van der Waals surface area contributed by atoms with Crippen molar-refractivity contribution in [1.29, 1.82) is 0 Å². The number of hydrogen-bond acceptors (Lipinski definition) is 0. The van der Waals surface area contributed by atoms with E-state index in [0.29, 0.717) is 11.5 Å². The lowest BCUT2D eigenvalue weighted by atomic mass is 9.72. The molecule has 0 spiro atoms. The summed E-state index contributed by atoms with van der Waals surface area (Å²) < 4.78 is 13.8. The first-order valence-electron chi connectivity index (χ1n) is 9.64. The fourth-order valence-electron chi connectivity index (χ4n) is 4.29. The van der Waals surface area contributed by atoms with Crippen LogP contribution in [0.1, 0.15) is 48.8 Å². The average molecular weight is 377 g/mol. The highest BCUT2D eigenvalue weighted by Crippen LogP contribution is 2.41. The first-order chi connectivity index (χ1) is 13.2. The molecule has 0 bridgehead atoms. The first-order valence-corrected chi connectivity index (χ1v) is 10.0. The van der Waals surface area contributed by atoms with Crippen molar-refractivity contribution in [3.63, 3.8) is 0 Å². The summed E-state index contributed by atoms with van der Waals surface area (Å²) in [5, 5.41) is 2.77. The number of aryl methyl sites for hydroxylation is 1. The second kappa shape index (κ2) is 7.75. The maximum atomic E-state index is 13.8. The Hall–Kier alpha value is -2.30. The van der Waals surface area contributed by atoms with Crippen molar-refractivity contribution < 1.29 is 4.39 Å². The Kier molecular flexibility index (Phi) is 5.19. The fraction of sp³-hybridized carbons (Fsp3) is 0.280. The van der Waals surface area contributed by atoms with Gasteiger partial charge in [-0.05, 0) is 65.3 Å². The van der Waals surface area contributed by atoms with Crippen molar-refractivity contribution in [1.82, 2.24) is 0 Å². The molecule has 0 heterocycles. The Morgan fingerprint density at radius 1 is 1.11 bits per heavy atom. The zero-order valence-corrected chi connectivity index (χ0v) is 16.2. The van der Waals surface area contributed by atoms with Gasteiger partial charge in [0, 0.05) is 11.5 Å². The number of halogens is 2. The van der Waals surface area contributed by atoms with Gasteiger partial charge in [0.05, 0.1) is 5.02 Å². The molecule has 1 aliphatic carbocycles. The van der Waals surface area contributed by atoms with Crippen LogP contribution in [-0.4, -0.2) is 0 Å². The lowest BCUT2D eigenvalue weighted by Crippen LogP contribution is -2.20. The zero-order chi connectivity index (χ0) is 18.8. The van der Waals surface area contributed by atoms with Gasteiger partial charge in [-0.15, -0.1) is 0 Å². The molecule has 0 amide bonds. The molecule has 0 N–H and O–H groups in total. The largest absolute Gasteiger partial charge is 0.205 e. The van der Waals surface area contributed by atoms with Gasteiger partial charge in [-0.2, -0.15) is 0 Å². The van der Waals surface area contributed by atoms with E-state index < -0.39 is 5.82 Å². The van der Waals surface area contributed by atoms with Crippen LogP contribution in [-0.2, 0) is 6.42 Å². The summed E-state index contributed by atoms with van der Waals surface area (Å²) in [6.07, 6.45) is 4.58. The highest BCUT2D eigenvalue weighted by molar-refractivity contribution is 6.30. The van der Waals surface area contributed by atoms with E-state index in [9.17, 15) is 4.39 Å². The van der Waals surface area contributed by atoms with Crippen LogP contribution in [0.25, 0.3) is 10.8 Å². The molecule has 1 aliphatic rings. The van der Waals surface area contributed by atoms with Gasteiger partial charge >= 0.3 is 0 Å². The van der Waals surface area contributed by atoms with E-state index in [1.165, 1.54) is 34.4 Å². The second-order valence-electron chi connectivity index (χ2n) is 7.32. The summed E-state index contributed by atoms with van der Waals surface area (Å²) in [7, 11) is 0. The van der Waals surface area contributed by atoms with E-state index in [2.05, 4.69) is 55.2 Å². The molecule has 0 unspecified atom stereocenters. The lowest BCUT2D eigenvalue weighted by Gasteiger charge is -2.31. The minimum absolute atomic E-state index is 0.138. The Labute approximate surface area is 165 Å². The molecule has 3 aromatic carbocycles. The molecule has 0 nitrogen and oxygen atoms in total. The van der Waals surface area contributed by atoms with Crippen molar-refractivity contribution >= 4 is 22.4 Å².